The van der Waals surface area contributed by atoms with E-state index in [2.05, 4.69) is 15.9 Å². The molecule has 0 atom stereocenters. The fourth-order valence-corrected chi connectivity index (χ4v) is 1.98. The van der Waals surface area contributed by atoms with Crippen molar-refractivity contribution in [3.05, 3.63) is 33.3 Å². The quantitative estimate of drug-likeness (QED) is 0.786. The van der Waals surface area contributed by atoms with Crippen LogP contribution in [-0.2, 0) is 0 Å². The number of ketones is 1. The van der Waals surface area contributed by atoms with Gasteiger partial charge in [0.15, 0.2) is 5.78 Å². The number of carbonyl (C=O) groups is 1. The first-order chi connectivity index (χ1) is 6.15. The maximum atomic E-state index is 11.5. The molecule has 0 heterocycles. The van der Waals surface area contributed by atoms with Crippen LogP contribution >= 0.6 is 39.3 Å². The summed E-state index contributed by atoms with van der Waals surface area (Å²) in [6.07, 6.45) is 1.90. The molecule has 0 radical (unpaired) electrons. The van der Waals surface area contributed by atoms with Crippen LogP contribution in [0.5, 0.6) is 0 Å². The molecule has 0 aromatic heterocycles. The molecule has 0 spiro atoms. The number of Topliss-reactive ketones (excluding diaryl/α,β-unsaturated/α-hetero) is 1. The smallest absolute Gasteiger partial charge is 0.173 e. The molecule has 0 N–H and O–H groups in total. The fraction of sp³-hybridized carbons (Fsp3) is 0.222. The van der Waals surface area contributed by atoms with E-state index in [0.29, 0.717) is 16.3 Å². The fourth-order valence-electron chi connectivity index (χ4n) is 0.920. The van der Waals surface area contributed by atoms with Crippen LogP contribution < -0.4 is 0 Å². The van der Waals surface area contributed by atoms with E-state index in [1.165, 1.54) is 11.8 Å². The Morgan fingerprint density at radius 3 is 2.92 bits per heavy atom. The summed E-state index contributed by atoms with van der Waals surface area (Å²) in [7, 11) is 0. The van der Waals surface area contributed by atoms with E-state index < -0.39 is 0 Å². The van der Waals surface area contributed by atoms with Gasteiger partial charge in [0.2, 0.25) is 0 Å². The molecule has 0 aliphatic rings. The van der Waals surface area contributed by atoms with E-state index in [-0.39, 0.29) is 5.78 Å². The minimum atomic E-state index is 0.0990. The average molecular weight is 280 g/mol. The first kappa shape index (κ1) is 11.1. The predicted molar refractivity (Wildman–Crippen MR) is 61.9 cm³/mol. The third kappa shape index (κ3) is 3.01. The average Bonchev–Trinajstić information content (AvgIpc) is 2.09. The second-order valence-corrected chi connectivity index (χ2v) is 4.64. The van der Waals surface area contributed by atoms with Crippen molar-refractivity contribution in [2.75, 3.05) is 12.0 Å². The number of rotatable bonds is 3. The number of hydrogen-bond acceptors (Lipinski definition) is 2. The van der Waals surface area contributed by atoms with Gasteiger partial charge in [0, 0.05) is 15.1 Å². The highest BCUT2D eigenvalue weighted by atomic mass is 79.9. The maximum absolute atomic E-state index is 11.5. The van der Waals surface area contributed by atoms with Gasteiger partial charge in [-0.2, -0.15) is 11.8 Å². The van der Waals surface area contributed by atoms with Crippen molar-refractivity contribution in [2.24, 2.45) is 0 Å². The predicted octanol–water partition coefficient (Wildman–Crippen LogP) is 3.65. The molecule has 0 saturated heterocycles. The summed E-state index contributed by atoms with van der Waals surface area (Å²) in [5.41, 5.74) is 0.654. The van der Waals surface area contributed by atoms with Crippen LogP contribution in [0.2, 0.25) is 5.02 Å². The molecule has 0 aliphatic carbocycles. The SMILES string of the molecule is CSCC(=O)c1cc(Cl)ccc1Br. The van der Waals surface area contributed by atoms with E-state index in [4.69, 9.17) is 11.6 Å². The molecule has 0 saturated carbocycles. The summed E-state index contributed by atoms with van der Waals surface area (Å²) < 4.78 is 0.802. The van der Waals surface area contributed by atoms with Crippen molar-refractivity contribution >= 4 is 45.1 Å². The number of hydrogen-bond donors (Lipinski definition) is 0. The lowest BCUT2D eigenvalue weighted by Crippen LogP contribution is -2.02. The minimum Gasteiger partial charge on any atom is -0.293 e. The molecule has 1 nitrogen and oxygen atoms in total. The van der Waals surface area contributed by atoms with Gasteiger partial charge >= 0.3 is 0 Å². The Kier molecular flexibility index (Phi) is 4.29. The summed E-state index contributed by atoms with van der Waals surface area (Å²) in [4.78, 5) is 11.5. The van der Waals surface area contributed by atoms with Gasteiger partial charge in [-0.05, 0) is 24.5 Å². The van der Waals surface area contributed by atoms with Crippen molar-refractivity contribution in [2.45, 2.75) is 0 Å². The Morgan fingerprint density at radius 2 is 2.31 bits per heavy atom. The normalized spacial score (nSPS) is 10.1. The van der Waals surface area contributed by atoms with Crippen molar-refractivity contribution in [3.63, 3.8) is 0 Å². The Balaban J connectivity index is 2.99. The topological polar surface area (TPSA) is 17.1 Å². The summed E-state index contributed by atoms with van der Waals surface area (Å²) in [6.45, 7) is 0. The van der Waals surface area contributed by atoms with Crippen molar-refractivity contribution in [3.8, 4) is 0 Å². The van der Waals surface area contributed by atoms with Gasteiger partial charge in [-0.15, -0.1) is 0 Å². The number of benzene rings is 1. The monoisotopic (exact) mass is 278 g/mol. The van der Waals surface area contributed by atoms with Gasteiger partial charge in [0.05, 0.1) is 5.75 Å². The molecule has 0 fully saturated rings. The molecule has 0 aliphatic heterocycles. The summed E-state index contributed by atoms with van der Waals surface area (Å²) in [5, 5.41) is 0.590. The Morgan fingerprint density at radius 1 is 1.62 bits per heavy atom. The van der Waals surface area contributed by atoms with Gasteiger partial charge in [-0.3, -0.25) is 4.79 Å². The van der Waals surface area contributed by atoms with E-state index >= 15 is 0 Å². The molecule has 1 aromatic carbocycles. The largest absolute Gasteiger partial charge is 0.293 e. The van der Waals surface area contributed by atoms with Crippen LogP contribution in [-0.4, -0.2) is 17.8 Å². The zero-order valence-electron chi connectivity index (χ0n) is 7.01. The lowest BCUT2D eigenvalue weighted by molar-refractivity contribution is 0.102. The van der Waals surface area contributed by atoms with Gasteiger partial charge in [0.1, 0.15) is 0 Å². The zero-order chi connectivity index (χ0) is 9.84. The van der Waals surface area contributed by atoms with Crippen molar-refractivity contribution < 1.29 is 4.79 Å². The third-order valence-corrected chi connectivity index (χ3v) is 2.98. The molecule has 1 rings (SSSR count). The van der Waals surface area contributed by atoms with Crippen LogP contribution in [0.15, 0.2) is 22.7 Å². The van der Waals surface area contributed by atoms with Gasteiger partial charge < -0.3 is 0 Å². The number of halogens is 2. The van der Waals surface area contributed by atoms with Gasteiger partial charge in [-0.25, -0.2) is 0 Å². The lowest BCUT2D eigenvalue weighted by atomic mass is 10.1. The van der Waals surface area contributed by atoms with Crippen molar-refractivity contribution in [1.29, 1.82) is 0 Å². The highest BCUT2D eigenvalue weighted by Gasteiger charge is 2.09. The first-order valence-electron chi connectivity index (χ1n) is 3.62. The molecule has 70 valence electrons. The molecule has 0 unspecified atom stereocenters. The van der Waals surface area contributed by atoms with Crippen LogP contribution in [0.3, 0.4) is 0 Å². The number of carbonyl (C=O) groups excluding carboxylic acids is 1. The molecule has 0 amide bonds. The van der Waals surface area contributed by atoms with Crippen LogP contribution in [0.1, 0.15) is 10.4 Å². The minimum absolute atomic E-state index is 0.0990. The van der Waals surface area contributed by atoms with E-state index in [1.807, 2.05) is 6.26 Å². The van der Waals surface area contributed by atoms with E-state index in [9.17, 15) is 4.79 Å². The molecular formula is C9H8BrClOS. The van der Waals surface area contributed by atoms with Crippen LogP contribution in [0.25, 0.3) is 0 Å². The Hall–Kier alpha value is 0.01000. The highest BCUT2D eigenvalue weighted by Crippen LogP contribution is 2.22. The molecule has 13 heavy (non-hydrogen) atoms. The summed E-state index contributed by atoms with van der Waals surface area (Å²) in [6, 6.07) is 5.22. The van der Waals surface area contributed by atoms with Crippen LogP contribution in [0, 0.1) is 0 Å². The highest BCUT2D eigenvalue weighted by molar-refractivity contribution is 9.10. The van der Waals surface area contributed by atoms with Gasteiger partial charge in [0.25, 0.3) is 0 Å². The third-order valence-electron chi connectivity index (χ3n) is 1.50. The van der Waals surface area contributed by atoms with E-state index in [0.717, 1.165) is 4.47 Å². The van der Waals surface area contributed by atoms with E-state index in [1.54, 1.807) is 18.2 Å². The Bertz CT molecular complexity index is 327. The molecular weight excluding hydrogens is 272 g/mol. The number of thioether (sulfide) groups is 1. The second kappa shape index (κ2) is 5.03. The second-order valence-electron chi connectivity index (χ2n) is 2.48. The first-order valence-corrected chi connectivity index (χ1v) is 6.19. The zero-order valence-corrected chi connectivity index (χ0v) is 10.2. The lowest BCUT2D eigenvalue weighted by Gasteiger charge is -2.02. The molecule has 4 heteroatoms. The summed E-state index contributed by atoms with van der Waals surface area (Å²) >= 11 is 10.6. The van der Waals surface area contributed by atoms with Crippen molar-refractivity contribution in [1.82, 2.24) is 0 Å². The molecule has 1 aromatic rings. The maximum Gasteiger partial charge on any atom is 0.173 e. The van der Waals surface area contributed by atoms with Crippen LogP contribution in [0.4, 0.5) is 0 Å². The standard InChI is InChI=1S/C9H8BrClOS/c1-13-5-9(12)7-4-6(11)2-3-8(7)10/h2-4H,5H2,1H3. The van der Waals surface area contributed by atoms with Gasteiger partial charge in [-0.1, -0.05) is 27.5 Å². The Labute approximate surface area is 95.0 Å². The molecule has 0 bridgehead atoms. The summed E-state index contributed by atoms with van der Waals surface area (Å²) in [5.74, 6) is 0.584.